The fraction of sp³-hybridized carbons (Fsp3) is 0.762. The molecule has 0 spiro atoms. The van der Waals surface area contributed by atoms with Crippen LogP contribution in [0.5, 0.6) is 0 Å². The summed E-state index contributed by atoms with van der Waals surface area (Å²) in [5, 5.41) is 42.5. The Kier molecular flexibility index (Phi) is 7.28. The number of hydrogen-bond acceptors (Lipinski definition) is 7. The van der Waals surface area contributed by atoms with Crippen molar-refractivity contribution in [2.24, 2.45) is 5.92 Å². The Labute approximate surface area is 175 Å². The molecule has 0 aromatic carbocycles. The van der Waals surface area contributed by atoms with Gasteiger partial charge in [-0.25, -0.2) is 0 Å². The number of ether oxygens (including phenoxy) is 1. The van der Waals surface area contributed by atoms with Gasteiger partial charge in [-0.2, -0.15) is 0 Å². The fourth-order valence-electron chi connectivity index (χ4n) is 4.64. The molecule has 5 N–H and O–H groups in total. The minimum Gasteiger partial charge on any atom is -0.481 e. The molecule has 2 bridgehead atoms. The van der Waals surface area contributed by atoms with Crippen LogP contribution in [0.15, 0.2) is 12.2 Å². The summed E-state index contributed by atoms with van der Waals surface area (Å²) in [7, 11) is 0. The van der Waals surface area contributed by atoms with Gasteiger partial charge in [-0.1, -0.05) is 31.8 Å². The highest BCUT2D eigenvalue weighted by Crippen LogP contribution is 2.50. The second kappa shape index (κ2) is 9.55. The average Bonchev–Trinajstić information content (AvgIpc) is 3.48. The summed E-state index contributed by atoms with van der Waals surface area (Å²) in [6, 6.07) is -0.847. The molecule has 7 unspecified atom stereocenters. The molecule has 1 heterocycles. The normalized spacial score (nSPS) is 37.1. The number of aliphatic carboxylic acids is 1. The van der Waals surface area contributed by atoms with Crippen molar-refractivity contribution in [3.8, 4) is 0 Å². The second-order valence-corrected chi connectivity index (χ2v) is 8.59. The number of hydrogen-bond donors (Lipinski definition) is 5. The van der Waals surface area contributed by atoms with E-state index in [1.165, 1.54) is 6.08 Å². The van der Waals surface area contributed by atoms with Crippen molar-refractivity contribution in [1.82, 2.24) is 5.32 Å². The number of rotatable bonds is 11. The van der Waals surface area contributed by atoms with Crippen molar-refractivity contribution < 1.29 is 39.5 Å². The number of nitrogens with one attached hydrogen (secondary N) is 1. The third-order valence-corrected chi connectivity index (χ3v) is 6.35. The monoisotopic (exact) mass is 425 g/mol. The topological polar surface area (TPSA) is 157 Å². The summed E-state index contributed by atoms with van der Waals surface area (Å²) in [6.07, 6.45) is 5.58. The van der Waals surface area contributed by atoms with E-state index in [0.29, 0.717) is 6.42 Å². The van der Waals surface area contributed by atoms with Gasteiger partial charge >= 0.3 is 5.97 Å². The first-order valence-electron chi connectivity index (χ1n) is 10.7. The molecule has 3 rings (SSSR count). The molecule has 3 aliphatic rings. The van der Waals surface area contributed by atoms with Gasteiger partial charge in [-0.15, -0.1) is 0 Å². The number of carbonyl (C=O) groups is 3. The van der Waals surface area contributed by atoms with Gasteiger partial charge in [0.15, 0.2) is 11.4 Å². The third kappa shape index (κ3) is 4.91. The Morgan fingerprint density at radius 1 is 1.10 bits per heavy atom. The summed E-state index contributed by atoms with van der Waals surface area (Å²) in [5.41, 5.74) is -1.78. The van der Waals surface area contributed by atoms with Crippen molar-refractivity contribution in [2.75, 3.05) is 0 Å². The summed E-state index contributed by atoms with van der Waals surface area (Å²) in [4.78, 5) is 35.0. The number of epoxide rings is 1. The maximum atomic E-state index is 12.4. The standard InChI is InChI=1S/C21H31NO8/c23-13(9-7-5-3-1-2-4-6-8-10-14(24)25)22-12-11-21(29)19(28)15(16(12)26)17(27)18-20(21)30-18/h7,9,12,15-18,20,26-27,29H,1-6,8,10-11H2,(H,22,23)(H,24,25). The quantitative estimate of drug-likeness (QED) is 0.177. The lowest BCUT2D eigenvalue weighted by Gasteiger charge is -2.46. The van der Waals surface area contributed by atoms with Crippen LogP contribution in [0.1, 0.15) is 57.8 Å². The highest BCUT2D eigenvalue weighted by Gasteiger charge is 2.72. The van der Waals surface area contributed by atoms with Crippen LogP contribution in [0.4, 0.5) is 0 Å². The van der Waals surface area contributed by atoms with E-state index in [9.17, 15) is 29.7 Å². The zero-order chi connectivity index (χ0) is 21.9. The largest absolute Gasteiger partial charge is 0.481 e. The highest BCUT2D eigenvalue weighted by atomic mass is 16.6. The summed E-state index contributed by atoms with van der Waals surface area (Å²) in [5.74, 6) is -2.97. The third-order valence-electron chi connectivity index (χ3n) is 6.35. The van der Waals surface area contributed by atoms with Gasteiger partial charge in [0.2, 0.25) is 5.91 Å². The van der Waals surface area contributed by atoms with Gasteiger partial charge in [0.25, 0.3) is 0 Å². The van der Waals surface area contributed by atoms with Crippen molar-refractivity contribution in [1.29, 1.82) is 0 Å². The van der Waals surface area contributed by atoms with Gasteiger partial charge in [-0.05, 0) is 25.3 Å². The molecule has 3 fully saturated rings. The van der Waals surface area contributed by atoms with Gasteiger partial charge < -0.3 is 30.5 Å². The van der Waals surface area contributed by atoms with E-state index in [-0.39, 0.29) is 12.8 Å². The van der Waals surface area contributed by atoms with Crippen LogP contribution in [-0.4, -0.2) is 74.1 Å². The number of ketones is 1. The van der Waals surface area contributed by atoms with Gasteiger partial charge in [0.1, 0.15) is 12.2 Å². The average molecular weight is 425 g/mol. The van der Waals surface area contributed by atoms with Crippen LogP contribution in [-0.2, 0) is 19.1 Å². The summed E-state index contributed by atoms with van der Waals surface area (Å²) in [6.45, 7) is 0. The van der Waals surface area contributed by atoms with Crippen LogP contribution in [0.25, 0.3) is 0 Å². The van der Waals surface area contributed by atoms with E-state index >= 15 is 0 Å². The number of carboxylic acids is 1. The van der Waals surface area contributed by atoms with Crippen LogP contribution >= 0.6 is 0 Å². The Bertz CT molecular complexity index is 694. The molecule has 168 valence electrons. The van der Waals surface area contributed by atoms with E-state index < -0.39 is 59.6 Å². The SMILES string of the molecule is O=C(O)CCCCCCCCC=CC(=O)NC1CC2(O)C(=O)C(C1O)C(O)C1OC12. The molecule has 9 nitrogen and oxygen atoms in total. The fourth-order valence-corrected chi connectivity index (χ4v) is 4.64. The Balaban J connectivity index is 1.36. The predicted octanol–water partition coefficient (Wildman–Crippen LogP) is 0.0557. The number of allylic oxidation sites excluding steroid dienone is 1. The Morgan fingerprint density at radius 3 is 2.47 bits per heavy atom. The van der Waals surface area contributed by atoms with Gasteiger partial charge in [-0.3, -0.25) is 14.4 Å². The number of unbranched alkanes of at least 4 members (excludes halogenated alkanes) is 6. The summed E-state index contributed by atoms with van der Waals surface area (Å²) < 4.78 is 5.24. The van der Waals surface area contributed by atoms with Crippen molar-refractivity contribution >= 4 is 17.7 Å². The lowest BCUT2D eigenvalue weighted by atomic mass is 9.64. The highest BCUT2D eigenvalue weighted by molar-refractivity contribution is 5.95. The maximum absolute atomic E-state index is 12.4. The van der Waals surface area contributed by atoms with E-state index in [1.54, 1.807) is 6.08 Å². The zero-order valence-corrected chi connectivity index (χ0v) is 16.9. The molecule has 2 aliphatic carbocycles. The van der Waals surface area contributed by atoms with Crippen LogP contribution in [0.2, 0.25) is 0 Å². The van der Waals surface area contributed by atoms with E-state index in [0.717, 1.165) is 38.5 Å². The number of aliphatic hydroxyl groups excluding tert-OH is 2. The lowest BCUT2D eigenvalue weighted by Crippen LogP contribution is -2.69. The molecule has 7 atom stereocenters. The number of aliphatic hydroxyl groups is 3. The molecule has 1 aliphatic heterocycles. The van der Waals surface area contributed by atoms with Gasteiger partial charge in [0, 0.05) is 12.8 Å². The van der Waals surface area contributed by atoms with Crippen LogP contribution in [0, 0.1) is 5.92 Å². The van der Waals surface area contributed by atoms with E-state index in [1.807, 2.05) is 0 Å². The minimum atomic E-state index is -1.78. The van der Waals surface area contributed by atoms with Crippen molar-refractivity contribution in [3.63, 3.8) is 0 Å². The first-order valence-corrected chi connectivity index (χ1v) is 10.7. The summed E-state index contributed by atoms with van der Waals surface area (Å²) >= 11 is 0. The molecule has 0 radical (unpaired) electrons. The molecular formula is C21H31NO8. The molecule has 0 aromatic heterocycles. The van der Waals surface area contributed by atoms with Crippen molar-refractivity contribution in [2.45, 2.75) is 93.8 Å². The molecule has 1 amide bonds. The van der Waals surface area contributed by atoms with Crippen molar-refractivity contribution in [3.05, 3.63) is 12.2 Å². The minimum absolute atomic E-state index is 0.140. The molecular weight excluding hydrogens is 394 g/mol. The smallest absolute Gasteiger partial charge is 0.303 e. The molecule has 0 aromatic rings. The Hall–Kier alpha value is -1.81. The first kappa shape index (κ1) is 22.9. The number of carboxylic acid groups (broad SMARTS) is 1. The van der Waals surface area contributed by atoms with E-state index in [2.05, 4.69) is 5.32 Å². The number of amides is 1. The lowest BCUT2D eigenvalue weighted by molar-refractivity contribution is -0.171. The Morgan fingerprint density at radius 2 is 1.77 bits per heavy atom. The van der Waals surface area contributed by atoms with Gasteiger partial charge in [0.05, 0.1) is 24.2 Å². The first-order chi connectivity index (χ1) is 14.3. The second-order valence-electron chi connectivity index (χ2n) is 8.59. The van der Waals surface area contributed by atoms with Crippen LogP contribution in [0.3, 0.4) is 0 Å². The maximum Gasteiger partial charge on any atom is 0.303 e. The van der Waals surface area contributed by atoms with E-state index in [4.69, 9.17) is 9.84 Å². The van der Waals surface area contributed by atoms with Crippen LogP contribution < -0.4 is 5.32 Å². The number of Topliss-reactive ketones (excluding diaryl/α,β-unsaturated/α-hetero) is 1. The molecule has 30 heavy (non-hydrogen) atoms. The molecule has 9 heteroatoms. The number of fused-ring (bicyclic) bond motifs is 4. The molecule has 1 saturated heterocycles. The number of carbonyl (C=O) groups excluding carboxylic acids is 2. The predicted molar refractivity (Wildman–Crippen MR) is 104 cm³/mol. The zero-order valence-electron chi connectivity index (χ0n) is 16.9. The molecule has 2 saturated carbocycles.